The van der Waals surface area contributed by atoms with Gasteiger partial charge in [0.05, 0.1) is 32.5 Å². The van der Waals surface area contributed by atoms with E-state index in [1.165, 1.54) is 25.0 Å². The van der Waals surface area contributed by atoms with E-state index < -0.39 is 0 Å². The van der Waals surface area contributed by atoms with E-state index in [-0.39, 0.29) is 29.7 Å². The predicted molar refractivity (Wildman–Crippen MR) is 116 cm³/mol. The molecule has 8 nitrogen and oxygen atoms in total. The predicted octanol–water partition coefficient (Wildman–Crippen LogP) is 3.31. The average Bonchev–Trinajstić information content (AvgIpc) is 2.82. The van der Waals surface area contributed by atoms with Crippen LogP contribution in [0.3, 0.4) is 0 Å². The number of fused-ring (bicyclic) bond motifs is 1. The molecule has 2 aromatic heterocycles. The van der Waals surface area contributed by atoms with Crippen molar-refractivity contribution in [3.05, 3.63) is 58.4 Å². The molecule has 1 amide bonds. The van der Waals surface area contributed by atoms with E-state index >= 15 is 0 Å². The normalized spacial score (nSPS) is 14.4. The molecule has 1 aliphatic carbocycles. The molecule has 4 rings (SSSR count). The van der Waals surface area contributed by atoms with Gasteiger partial charge in [-0.05, 0) is 25.0 Å². The second-order valence-electron chi connectivity index (χ2n) is 7.73. The number of benzene rings is 1. The highest BCUT2D eigenvalue weighted by Crippen LogP contribution is 2.31. The van der Waals surface area contributed by atoms with Crippen LogP contribution in [-0.2, 0) is 6.54 Å². The van der Waals surface area contributed by atoms with Crippen molar-refractivity contribution in [1.29, 1.82) is 0 Å². The third-order valence-electron chi connectivity index (χ3n) is 5.82. The van der Waals surface area contributed by atoms with Crippen LogP contribution in [0.15, 0.2) is 41.6 Å². The molecule has 31 heavy (non-hydrogen) atoms. The topological polar surface area (TPSA) is 97.4 Å². The van der Waals surface area contributed by atoms with Crippen LogP contribution in [0.2, 0.25) is 0 Å². The molecule has 1 aliphatic rings. The van der Waals surface area contributed by atoms with Gasteiger partial charge >= 0.3 is 0 Å². The Balaban J connectivity index is 1.72. The van der Waals surface area contributed by atoms with Crippen LogP contribution in [0, 0.1) is 0 Å². The number of pyridine rings is 1. The van der Waals surface area contributed by atoms with Gasteiger partial charge in [0.25, 0.3) is 11.5 Å². The van der Waals surface area contributed by atoms with Crippen LogP contribution in [0.4, 0.5) is 0 Å². The Bertz CT molecular complexity index is 1120. The summed E-state index contributed by atoms with van der Waals surface area (Å²) in [5.41, 5.74) is 1.22. The van der Waals surface area contributed by atoms with E-state index in [1.54, 1.807) is 25.2 Å². The first-order chi connectivity index (χ1) is 15.1. The van der Waals surface area contributed by atoms with Crippen molar-refractivity contribution in [3.8, 4) is 11.5 Å². The molecule has 0 atom stereocenters. The van der Waals surface area contributed by atoms with Crippen molar-refractivity contribution in [2.45, 2.75) is 44.7 Å². The van der Waals surface area contributed by atoms with Gasteiger partial charge in [0.15, 0.2) is 11.5 Å². The minimum Gasteiger partial charge on any atom is -0.493 e. The smallest absolute Gasteiger partial charge is 0.274 e. The number of ether oxygens (including phenoxy) is 2. The molecule has 162 valence electrons. The fraction of sp³-hybridized carbons (Fsp3) is 0.391. The standard InChI is InChI=1S/C23H26N4O4/c1-30-20-11-15-10-16(22(28)26-18(15)12-21(20)31-2)14-27(17-6-4-3-5-7-17)23(29)19-13-24-8-9-25-19/h8-13,17H,3-7,14H2,1-2H3,(H,26,28). The van der Waals surface area contributed by atoms with E-state index in [4.69, 9.17) is 9.47 Å². The van der Waals surface area contributed by atoms with E-state index in [2.05, 4.69) is 15.0 Å². The zero-order valence-corrected chi connectivity index (χ0v) is 17.8. The highest BCUT2D eigenvalue weighted by Gasteiger charge is 2.28. The largest absolute Gasteiger partial charge is 0.493 e. The number of H-pyrrole nitrogens is 1. The fourth-order valence-electron chi connectivity index (χ4n) is 4.20. The molecule has 0 spiro atoms. The van der Waals surface area contributed by atoms with Gasteiger partial charge in [0.2, 0.25) is 0 Å². The van der Waals surface area contributed by atoms with Gasteiger partial charge in [-0.3, -0.25) is 14.6 Å². The molecule has 2 heterocycles. The van der Waals surface area contributed by atoms with Gasteiger partial charge in [-0.15, -0.1) is 0 Å². The van der Waals surface area contributed by atoms with Crippen molar-refractivity contribution in [2.24, 2.45) is 0 Å². The van der Waals surface area contributed by atoms with E-state index in [0.717, 1.165) is 31.1 Å². The molecule has 0 saturated heterocycles. The number of hydrogen-bond donors (Lipinski definition) is 1. The highest BCUT2D eigenvalue weighted by molar-refractivity contribution is 5.92. The summed E-state index contributed by atoms with van der Waals surface area (Å²) in [5.74, 6) is 0.916. The minimum atomic E-state index is -0.229. The number of aromatic amines is 1. The monoisotopic (exact) mass is 422 g/mol. The van der Waals surface area contributed by atoms with Gasteiger partial charge in [0, 0.05) is 35.5 Å². The number of hydrogen-bond acceptors (Lipinski definition) is 6. The second-order valence-corrected chi connectivity index (χ2v) is 7.73. The van der Waals surface area contributed by atoms with E-state index in [9.17, 15) is 9.59 Å². The molecule has 8 heteroatoms. The minimum absolute atomic E-state index is 0.0729. The van der Waals surface area contributed by atoms with Crippen LogP contribution in [0.1, 0.15) is 48.2 Å². The summed E-state index contributed by atoms with van der Waals surface area (Å²) < 4.78 is 10.7. The zero-order valence-electron chi connectivity index (χ0n) is 17.8. The summed E-state index contributed by atoms with van der Waals surface area (Å²) in [5, 5.41) is 0.808. The lowest BCUT2D eigenvalue weighted by atomic mass is 9.93. The third-order valence-corrected chi connectivity index (χ3v) is 5.82. The molecule has 3 aromatic rings. The molecular formula is C23H26N4O4. The lowest BCUT2D eigenvalue weighted by molar-refractivity contribution is 0.0607. The molecule has 1 saturated carbocycles. The van der Waals surface area contributed by atoms with Crippen molar-refractivity contribution >= 4 is 16.8 Å². The van der Waals surface area contributed by atoms with Crippen molar-refractivity contribution in [3.63, 3.8) is 0 Å². The Morgan fingerprint density at radius 1 is 1.10 bits per heavy atom. The Kier molecular flexibility index (Phi) is 6.16. The van der Waals surface area contributed by atoms with E-state index in [0.29, 0.717) is 22.6 Å². The number of carbonyl (C=O) groups is 1. The summed E-state index contributed by atoms with van der Waals surface area (Å²) in [4.78, 5) is 39.1. The highest BCUT2D eigenvalue weighted by atomic mass is 16.5. The number of rotatable bonds is 6. The van der Waals surface area contributed by atoms with Crippen molar-refractivity contribution in [1.82, 2.24) is 19.9 Å². The Morgan fingerprint density at radius 3 is 2.52 bits per heavy atom. The number of nitrogens with zero attached hydrogens (tertiary/aromatic N) is 3. The zero-order chi connectivity index (χ0) is 21.8. The van der Waals surface area contributed by atoms with Crippen LogP contribution < -0.4 is 15.0 Å². The molecule has 0 bridgehead atoms. The molecule has 0 unspecified atom stereocenters. The average molecular weight is 422 g/mol. The molecular weight excluding hydrogens is 396 g/mol. The van der Waals surface area contributed by atoms with Crippen LogP contribution in [0.5, 0.6) is 11.5 Å². The number of aromatic nitrogens is 3. The first kappa shape index (κ1) is 20.8. The third kappa shape index (κ3) is 4.38. The number of carbonyl (C=O) groups excluding carboxylic acids is 1. The van der Waals surface area contributed by atoms with Crippen LogP contribution in [0.25, 0.3) is 10.9 Å². The fourth-order valence-corrected chi connectivity index (χ4v) is 4.20. The maximum atomic E-state index is 13.3. The Labute approximate surface area is 180 Å². The van der Waals surface area contributed by atoms with Gasteiger partial charge in [-0.2, -0.15) is 0 Å². The Hall–Kier alpha value is -3.42. The molecule has 0 radical (unpaired) electrons. The summed E-state index contributed by atoms with van der Waals surface area (Å²) >= 11 is 0. The number of nitrogens with one attached hydrogen (secondary N) is 1. The van der Waals surface area contributed by atoms with Gasteiger partial charge in [0.1, 0.15) is 5.69 Å². The first-order valence-corrected chi connectivity index (χ1v) is 10.5. The quantitative estimate of drug-likeness (QED) is 0.655. The van der Waals surface area contributed by atoms with E-state index in [1.807, 2.05) is 12.1 Å². The molecule has 0 aliphatic heterocycles. The Morgan fingerprint density at radius 2 is 1.84 bits per heavy atom. The SMILES string of the molecule is COc1cc2cc(CN(C(=O)c3cnccn3)C3CCCCC3)c(=O)[nH]c2cc1OC. The second kappa shape index (κ2) is 9.16. The molecule has 1 N–H and O–H groups in total. The summed E-state index contributed by atoms with van der Waals surface area (Å²) in [7, 11) is 3.12. The maximum absolute atomic E-state index is 13.3. The molecule has 1 fully saturated rings. The maximum Gasteiger partial charge on any atom is 0.274 e. The van der Waals surface area contributed by atoms with Gasteiger partial charge in [-0.1, -0.05) is 19.3 Å². The number of methoxy groups -OCH3 is 2. The van der Waals surface area contributed by atoms with Gasteiger partial charge < -0.3 is 19.4 Å². The summed E-state index contributed by atoms with van der Waals surface area (Å²) in [6, 6.07) is 5.45. The lowest BCUT2D eigenvalue weighted by Crippen LogP contribution is -2.42. The summed E-state index contributed by atoms with van der Waals surface area (Å²) in [6.45, 7) is 0.208. The van der Waals surface area contributed by atoms with Crippen molar-refractivity contribution < 1.29 is 14.3 Å². The molecule has 1 aromatic carbocycles. The van der Waals surface area contributed by atoms with Gasteiger partial charge in [-0.25, -0.2) is 4.98 Å². The summed E-state index contributed by atoms with van der Waals surface area (Å²) in [6.07, 6.45) is 9.67. The van der Waals surface area contributed by atoms with Crippen LogP contribution in [-0.4, -0.2) is 46.0 Å². The lowest BCUT2D eigenvalue weighted by Gasteiger charge is -2.34. The first-order valence-electron chi connectivity index (χ1n) is 10.5. The van der Waals surface area contributed by atoms with Crippen molar-refractivity contribution in [2.75, 3.05) is 14.2 Å². The van der Waals surface area contributed by atoms with Crippen LogP contribution >= 0.6 is 0 Å². The number of amides is 1.